The maximum Gasteiger partial charge on any atom is 0.417 e. The Morgan fingerprint density at radius 1 is 1.04 bits per heavy atom. The molecular formula is C19H15F3N4OS. The zero-order chi connectivity index (χ0) is 19.7. The van der Waals surface area contributed by atoms with Gasteiger partial charge >= 0.3 is 6.18 Å². The van der Waals surface area contributed by atoms with Crippen molar-refractivity contribution in [3.05, 3.63) is 59.2 Å². The molecule has 4 aromatic rings. The molecule has 0 spiro atoms. The number of rotatable bonds is 5. The second-order valence-corrected chi connectivity index (χ2v) is 7.10. The molecule has 5 nitrogen and oxygen atoms in total. The van der Waals surface area contributed by atoms with Gasteiger partial charge in [-0.2, -0.15) is 18.4 Å². The minimum absolute atomic E-state index is 0.238. The van der Waals surface area contributed by atoms with Crippen molar-refractivity contribution in [3.63, 3.8) is 0 Å². The highest BCUT2D eigenvalue weighted by atomic mass is 32.2. The van der Waals surface area contributed by atoms with Crippen molar-refractivity contribution >= 4 is 22.7 Å². The monoisotopic (exact) mass is 404 g/mol. The second kappa shape index (κ2) is 7.31. The summed E-state index contributed by atoms with van der Waals surface area (Å²) in [6.07, 6.45) is -1.61. The lowest BCUT2D eigenvalue weighted by molar-refractivity contribution is -0.139. The molecule has 0 saturated carbocycles. The van der Waals surface area contributed by atoms with E-state index in [1.807, 2.05) is 24.3 Å². The third kappa shape index (κ3) is 3.75. The first-order valence-electron chi connectivity index (χ1n) is 8.44. The van der Waals surface area contributed by atoms with Crippen LogP contribution in [0.1, 0.15) is 16.7 Å². The van der Waals surface area contributed by atoms with Gasteiger partial charge in [0, 0.05) is 10.3 Å². The molecule has 0 unspecified atom stereocenters. The van der Waals surface area contributed by atoms with Crippen molar-refractivity contribution in [1.29, 1.82) is 0 Å². The fraction of sp³-hybridized carbons (Fsp3) is 0.211. The predicted molar refractivity (Wildman–Crippen MR) is 100 cm³/mol. The minimum atomic E-state index is -4.35. The fourth-order valence-electron chi connectivity index (χ4n) is 3.03. The molecule has 0 atom stereocenters. The van der Waals surface area contributed by atoms with Crippen LogP contribution in [0.2, 0.25) is 0 Å². The number of aromatic amines is 1. The molecule has 2 aromatic carbocycles. The van der Waals surface area contributed by atoms with Crippen LogP contribution in [0.5, 0.6) is 0 Å². The van der Waals surface area contributed by atoms with E-state index in [2.05, 4.69) is 20.6 Å². The van der Waals surface area contributed by atoms with Gasteiger partial charge in [-0.25, -0.2) is 0 Å². The second-order valence-electron chi connectivity index (χ2n) is 6.25. The number of fused-ring (bicyclic) bond motifs is 1. The molecule has 0 aliphatic rings. The lowest BCUT2D eigenvalue weighted by Crippen LogP contribution is -2.08. The number of H-pyrrole nitrogens is 1. The van der Waals surface area contributed by atoms with Crippen molar-refractivity contribution in [2.75, 3.05) is 6.26 Å². The molecule has 0 saturated heterocycles. The van der Waals surface area contributed by atoms with Crippen LogP contribution < -0.4 is 0 Å². The SMILES string of the molecule is CSc1ccc(CCc2ccc3cc(-c4nn[nH]n4)oc3c2)cc1C(F)(F)F. The Morgan fingerprint density at radius 2 is 1.79 bits per heavy atom. The molecule has 1 N–H and O–H groups in total. The van der Waals surface area contributed by atoms with Gasteiger partial charge < -0.3 is 4.42 Å². The largest absolute Gasteiger partial charge is 0.453 e. The summed E-state index contributed by atoms with van der Waals surface area (Å²) in [4.78, 5) is 0.238. The Hall–Kier alpha value is -2.81. The Labute approximate surface area is 162 Å². The number of thioether (sulfide) groups is 1. The molecule has 0 bridgehead atoms. The average Bonchev–Trinajstić information content (AvgIpc) is 3.34. The number of furan rings is 1. The van der Waals surface area contributed by atoms with Crippen LogP contribution >= 0.6 is 11.8 Å². The van der Waals surface area contributed by atoms with Crippen LogP contribution in [0.4, 0.5) is 13.2 Å². The first kappa shape index (κ1) is 18.5. The van der Waals surface area contributed by atoms with Crippen LogP contribution in [-0.4, -0.2) is 26.9 Å². The summed E-state index contributed by atoms with van der Waals surface area (Å²) in [6.45, 7) is 0. The Kier molecular flexibility index (Phi) is 4.84. The van der Waals surface area contributed by atoms with Crippen molar-refractivity contribution < 1.29 is 17.6 Å². The van der Waals surface area contributed by atoms with Crippen molar-refractivity contribution in [1.82, 2.24) is 20.6 Å². The van der Waals surface area contributed by atoms with Gasteiger partial charge in [-0.1, -0.05) is 18.2 Å². The van der Waals surface area contributed by atoms with Gasteiger partial charge in [-0.15, -0.1) is 22.0 Å². The molecule has 9 heteroatoms. The van der Waals surface area contributed by atoms with E-state index in [4.69, 9.17) is 4.42 Å². The molecule has 0 radical (unpaired) electrons. The standard InChI is InChI=1S/C19H15F3N4OS/c1-28-17-7-5-11(8-14(17)19(20,21)22)2-3-12-4-6-13-10-16(27-15(13)9-12)18-23-25-26-24-18/h4-10H,2-3H2,1H3,(H,23,24,25,26). The van der Waals surface area contributed by atoms with E-state index >= 15 is 0 Å². The number of tetrazole rings is 1. The number of nitrogens with one attached hydrogen (secondary N) is 1. The van der Waals surface area contributed by atoms with Crippen molar-refractivity contribution in [2.24, 2.45) is 0 Å². The first-order valence-corrected chi connectivity index (χ1v) is 9.67. The van der Waals surface area contributed by atoms with Crippen LogP contribution in [-0.2, 0) is 19.0 Å². The molecule has 0 aliphatic heterocycles. The number of aromatic nitrogens is 4. The number of alkyl halides is 3. The van der Waals surface area contributed by atoms with E-state index in [1.54, 1.807) is 12.3 Å². The zero-order valence-electron chi connectivity index (χ0n) is 14.7. The summed E-state index contributed by atoms with van der Waals surface area (Å²) in [6, 6.07) is 12.1. The van der Waals surface area contributed by atoms with Gasteiger partial charge in [0.15, 0.2) is 5.76 Å². The van der Waals surface area contributed by atoms with Gasteiger partial charge in [-0.05, 0) is 59.7 Å². The van der Waals surface area contributed by atoms with Gasteiger partial charge in [0.05, 0.1) is 5.56 Å². The zero-order valence-corrected chi connectivity index (χ0v) is 15.6. The van der Waals surface area contributed by atoms with Crippen LogP contribution in [0.3, 0.4) is 0 Å². The van der Waals surface area contributed by atoms with E-state index < -0.39 is 11.7 Å². The number of benzene rings is 2. The number of hydrogen-bond acceptors (Lipinski definition) is 5. The molecule has 2 aromatic heterocycles. The van der Waals surface area contributed by atoms with E-state index in [0.717, 1.165) is 22.7 Å². The van der Waals surface area contributed by atoms with Crippen LogP contribution in [0, 0.1) is 0 Å². The van der Waals surface area contributed by atoms with Crippen LogP contribution in [0.15, 0.2) is 51.8 Å². The smallest absolute Gasteiger partial charge is 0.417 e. The average molecular weight is 404 g/mol. The van der Waals surface area contributed by atoms with Gasteiger partial charge in [0.2, 0.25) is 5.82 Å². The third-order valence-corrected chi connectivity index (χ3v) is 5.22. The summed E-state index contributed by atoms with van der Waals surface area (Å²) in [7, 11) is 0. The Morgan fingerprint density at radius 3 is 2.46 bits per heavy atom. The van der Waals surface area contributed by atoms with E-state index in [1.165, 1.54) is 12.1 Å². The lowest BCUT2D eigenvalue weighted by Gasteiger charge is -2.13. The number of nitrogens with zero attached hydrogens (tertiary/aromatic N) is 3. The molecule has 144 valence electrons. The Bertz CT molecular complexity index is 1110. The van der Waals surface area contributed by atoms with E-state index in [9.17, 15) is 13.2 Å². The van der Waals surface area contributed by atoms with E-state index in [-0.39, 0.29) is 4.90 Å². The summed E-state index contributed by atoms with van der Waals surface area (Å²) in [5, 5.41) is 14.6. The fourth-order valence-corrected chi connectivity index (χ4v) is 3.63. The highest BCUT2D eigenvalue weighted by Crippen LogP contribution is 2.36. The number of aryl methyl sites for hydroxylation is 2. The van der Waals surface area contributed by atoms with Crippen molar-refractivity contribution in [2.45, 2.75) is 23.9 Å². The van der Waals surface area contributed by atoms with Crippen LogP contribution in [0.25, 0.3) is 22.6 Å². The number of hydrogen-bond donors (Lipinski definition) is 1. The highest BCUT2D eigenvalue weighted by molar-refractivity contribution is 7.98. The molecule has 0 fully saturated rings. The summed E-state index contributed by atoms with van der Waals surface area (Å²) < 4.78 is 45.5. The highest BCUT2D eigenvalue weighted by Gasteiger charge is 2.33. The Balaban J connectivity index is 1.54. The quantitative estimate of drug-likeness (QED) is 0.467. The predicted octanol–water partition coefficient (Wildman–Crippen LogP) is 5.14. The molecule has 28 heavy (non-hydrogen) atoms. The van der Waals surface area contributed by atoms with E-state index in [0.29, 0.717) is 35.6 Å². The maximum absolute atomic E-state index is 13.2. The molecule has 4 rings (SSSR count). The van der Waals surface area contributed by atoms with Crippen molar-refractivity contribution in [3.8, 4) is 11.6 Å². The summed E-state index contributed by atoms with van der Waals surface area (Å²) in [5.74, 6) is 0.870. The minimum Gasteiger partial charge on any atom is -0.453 e. The summed E-state index contributed by atoms with van der Waals surface area (Å²) in [5.41, 5.74) is 1.72. The summed E-state index contributed by atoms with van der Waals surface area (Å²) >= 11 is 1.10. The first-order chi connectivity index (χ1) is 13.4. The lowest BCUT2D eigenvalue weighted by atomic mass is 10.0. The number of halogens is 3. The normalized spacial score (nSPS) is 12.0. The topological polar surface area (TPSA) is 67.6 Å². The molecule has 2 heterocycles. The molecular weight excluding hydrogens is 389 g/mol. The molecule has 0 aliphatic carbocycles. The van der Waals surface area contributed by atoms with Gasteiger partial charge in [0.1, 0.15) is 5.58 Å². The molecule has 0 amide bonds. The third-order valence-electron chi connectivity index (χ3n) is 4.42. The van der Waals surface area contributed by atoms with Gasteiger partial charge in [0.25, 0.3) is 0 Å². The van der Waals surface area contributed by atoms with Gasteiger partial charge in [-0.3, -0.25) is 0 Å². The maximum atomic E-state index is 13.2.